The molecule has 6 heteroatoms. The molecule has 0 spiro atoms. The highest BCUT2D eigenvalue weighted by molar-refractivity contribution is 5.75. The number of aromatic nitrogens is 2. The third-order valence-electron chi connectivity index (χ3n) is 6.13. The first-order chi connectivity index (χ1) is 14.3. The molecular weight excluding hydrogens is 362 g/mol. The maximum atomic E-state index is 12.1. The highest BCUT2D eigenvalue weighted by atomic mass is 16.1. The van der Waals surface area contributed by atoms with Crippen LogP contribution in [0, 0.1) is 11.8 Å². The molecular formula is C23H31N5O. The number of piperidine rings is 2. The SMILES string of the molecule is O=C(CCC[C@H]1NCC2CC1CN(Cc1ccccc1)C2)NCc1cnccn1. The Kier molecular flexibility index (Phi) is 6.85. The van der Waals surface area contributed by atoms with Gasteiger partial charge in [-0.25, -0.2) is 0 Å². The summed E-state index contributed by atoms with van der Waals surface area (Å²) in [6.07, 6.45) is 8.85. The number of rotatable bonds is 8. The van der Waals surface area contributed by atoms with E-state index in [0.717, 1.165) is 44.1 Å². The molecule has 0 radical (unpaired) electrons. The Hall–Kier alpha value is -2.31. The minimum atomic E-state index is 0.0960. The number of carbonyl (C=O) groups excluding carboxylic acids is 1. The van der Waals surface area contributed by atoms with E-state index in [4.69, 9.17) is 0 Å². The van der Waals surface area contributed by atoms with Gasteiger partial charge in [0.05, 0.1) is 18.4 Å². The lowest BCUT2D eigenvalue weighted by molar-refractivity contribution is -0.121. The van der Waals surface area contributed by atoms with Crippen molar-refractivity contribution in [2.75, 3.05) is 19.6 Å². The van der Waals surface area contributed by atoms with Crippen molar-refractivity contribution < 1.29 is 4.79 Å². The van der Waals surface area contributed by atoms with Crippen LogP contribution in [0.4, 0.5) is 0 Å². The fraction of sp³-hybridized carbons (Fsp3) is 0.522. The van der Waals surface area contributed by atoms with Gasteiger partial charge in [-0.1, -0.05) is 30.3 Å². The second-order valence-electron chi connectivity index (χ2n) is 8.42. The van der Waals surface area contributed by atoms with Gasteiger partial charge in [0.1, 0.15) is 0 Å². The molecule has 2 aliphatic heterocycles. The van der Waals surface area contributed by atoms with Crippen molar-refractivity contribution in [1.29, 1.82) is 0 Å². The molecule has 2 N–H and O–H groups in total. The Labute approximate surface area is 173 Å². The van der Waals surface area contributed by atoms with E-state index in [1.54, 1.807) is 18.6 Å². The van der Waals surface area contributed by atoms with E-state index < -0.39 is 0 Å². The van der Waals surface area contributed by atoms with Gasteiger partial charge in [0.2, 0.25) is 5.91 Å². The molecule has 4 rings (SSSR count). The summed E-state index contributed by atoms with van der Waals surface area (Å²) in [6.45, 7) is 4.95. The van der Waals surface area contributed by atoms with Gasteiger partial charge in [0, 0.05) is 44.5 Å². The number of hydrogen-bond acceptors (Lipinski definition) is 5. The number of carbonyl (C=O) groups is 1. The van der Waals surface area contributed by atoms with E-state index in [-0.39, 0.29) is 5.91 Å². The first-order valence-electron chi connectivity index (χ1n) is 10.8. The third-order valence-corrected chi connectivity index (χ3v) is 6.13. The first-order valence-corrected chi connectivity index (χ1v) is 10.8. The summed E-state index contributed by atoms with van der Waals surface area (Å²) in [5, 5.41) is 6.70. The van der Waals surface area contributed by atoms with Crippen LogP contribution in [0.1, 0.15) is 36.9 Å². The summed E-state index contributed by atoms with van der Waals surface area (Å²) in [4.78, 5) is 23.0. The van der Waals surface area contributed by atoms with E-state index in [1.807, 2.05) is 0 Å². The predicted octanol–water partition coefficient (Wildman–Crippen LogP) is 2.37. The molecule has 29 heavy (non-hydrogen) atoms. The predicted molar refractivity (Wildman–Crippen MR) is 113 cm³/mol. The van der Waals surface area contributed by atoms with Crippen LogP contribution in [-0.4, -0.2) is 46.5 Å². The maximum absolute atomic E-state index is 12.1. The fourth-order valence-corrected chi connectivity index (χ4v) is 4.76. The summed E-state index contributed by atoms with van der Waals surface area (Å²) >= 11 is 0. The molecule has 6 nitrogen and oxygen atoms in total. The van der Waals surface area contributed by atoms with Crippen molar-refractivity contribution in [1.82, 2.24) is 25.5 Å². The highest BCUT2D eigenvalue weighted by Gasteiger charge is 2.35. The molecule has 1 amide bonds. The first kappa shape index (κ1) is 20.0. The molecule has 0 saturated carbocycles. The summed E-state index contributed by atoms with van der Waals surface area (Å²) in [5.41, 5.74) is 2.19. The van der Waals surface area contributed by atoms with Gasteiger partial charge in [0.25, 0.3) is 0 Å². The van der Waals surface area contributed by atoms with Crippen LogP contribution in [0.25, 0.3) is 0 Å². The third kappa shape index (κ3) is 5.84. The van der Waals surface area contributed by atoms with Crippen molar-refractivity contribution in [3.63, 3.8) is 0 Å². The van der Waals surface area contributed by atoms with Crippen molar-refractivity contribution in [3.05, 3.63) is 60.2 Å². The largest absolute Gasteiger partial charge is 0.350 e. The lowest BCUT2D eigenvalue weighted by Gasteiger charge is -2.46. The second kappa shape index (κ2) is 9.94. The number of nitrogens with one attached hydrogen (secondary N) is 2. The molecule has 2 bridgehead atoms. The van der Waals surface area contributed by atoms with E-state index in [9.17, 15) is 4.79 Å². The zero-order valence-electron chi connectivity index (χ0n) is 17.0. The van der Waals surface area contributed by atoms with Crippen molar-refractivity contribution >= 4 is 5.91 Å². The molecule has 2 unspecified atom stereocenters. The lowest BCUT2D eigenvalue weighted by atomic mass is 9.79. The Morgan fingerprint density at radius 3 is 2.93 bits per heavy atom. The van der Waals surface area contributed by atoms with Gasteiger partial charge in [-0.15, -0.1) is 0 Å². The van der Waals surface area contributed by atoms with Gasteiger partial charge in [-0.2, -0.15) is 0 Å². The van der Waals surface area contributed by atoms with E-state index in [2.05, 4.69) is 55.8 Å². The molecule has 1 aromatic carbocycles. The van der Waals surface area contributed by atoms with Gasteiger partial charge in [-0.05, 0) is 43.2 Å². The van der Waals surface area contributed by atoms with Crippen LogP contribution in [0.3, 0.4) is 0 Å². The van der Waals surface area contributed by atoms with Gasteiger partial charge < -0.3 is 10.6 Å². The zero-order chi connectivity index (χ0) is 19.9. The van der Waals surface area contributed by atoms with E-state index >= 15 is 0 Å². The standard InChI is InChI=1S/C23H31N5O/c29-23(27-14-21-13-24-9-10-25-21)8-4-7-22-20-11-19(12-26-22)16-28(17-20)15-18-5-2-1-3-6-18/h1-3,5-6,9-10,13,19-20,22,26H,4,7-8,11-12,14-17H2,(H,27,29)/t19?,20?,22-/m1/s1. The zero-order valence-corrected chi connectivity index (χ0v) is 17.0. The summed E-state index contributed by atoms with van der Waals surface area (Å²) in [7, 11) is 0. The van der Waals surface area contributed by atoms with Crippen LogP contribution in [-0.2, 0) is 17.9 Å². The number of benzene rings is 1. The topological polar surface area (TPSA) is 70.2 Å². The van der Waals surface area contributed by atoms with Crippen molar-refractivity contribution in [2.45, 2.75) is 44.8 Å². The maximum Gasteiger partial charge on any atom is 0.220 e. The normalized spacial score (nSPS) is 24.2. The van der Waals surface area contributed by atoms with E-state index in [1.165, 1.54) is 18.5 Å². The van der Waals surface area contributed by atoms with Gasteiger partial charge in [-0.3, -0.25) is 19.7 Å². The Balaban J connectivity index is 1.20. The van der Waals surface area contributed by atoms with Crippen molar-refractivity contribution in [2.24, 2.45) is 11.8 Å². The number of likely N-dealkylation sites (tertiary alicyclic amines) is 1. The molecule has 2 aliphatic rings. The summed E-state index contributed by atoms with van der Waals surface area (Å²) < 4.78 is 0. The van der Waals surface area contributed by atoms with Crippen molar-refractivity contribution in [3.8, 4) is 0 Å². The molecule has 3 atom stereocenters. The summed E-state index contributed by atoms with van der Waals surface area (Å²) in [5.74, 6) is 1.54. The molecule has 3 heterocycles. The van der Waals surface area contributed by atoms with Crippen LogP contribution in [0.2, 0.25) is 0 Å². The fourth-order valence-electron chi connectivity index (χ4n) is 4.76. The smallest absolute Gasteiger partial charge is 0.220 e. The van der Waals surface area contributed by atoms with Gasteiger partial charge in [0.15, 0.2) is 0 Å². The second-order valence-corrected chi connectivity index (χ2v) is 8.42. The lowest BCUT2D eigenvalue weighted by Crippen LogP contribution is -2.55. The molecule has 2 aromatic rings. The minimum Gasteiger partial charge on any atom is -0.350 e. The molecule has 2 fully saturated rings. The molecule has 1 aromatic heterocycles. The van der Waals surface area contributed by atoms with E-state index in [0.29, 0.717) is 24.9 Å². The quantitative estimate of drug-likeness (QED) is 0.721. The Bertz CT molecular complexity index is 769. The molecule has 154 valence electrons. The average Bonchev–Trinajstić information content (AvgIpc) is 2.75. The number of hydrogen-bond donors (Lipinski definition) is 2. The van der Waals surface area contributed by atoms with Gasteiger partial charge >= 0.3 is 0 Å². The van der Waals surface area contributed by atoms with Crippen LogP contribution < -0.4 is 10.6 Å². The minimum absolute atomic E-state index is 0.0960. The molecule has 2 saturated heterocycles. The number of nitrogens with zero attached hydrogens (tertiary/aromatic N) is 3. The van der Waals surface area contributed by atoms with Crippen LogP contribution in [0.15, 0.2) is 48.9 Å². The highest BCUT2D eigenvalue weighted by Crippen LogP contribution is 2.31. The molecule has 0 aliphatic carbocycles. The number of fused-ring (bicyclic) bond motifs is 2. The average molecular weight is 394 g/mol. The Morgan fingerprint density at radius 1 is 1.21 bits per heavy atom. The summed E-state index contributed by atoms with van der Waals surface area (Å²) in [6, 6.07) is 11.3. The number of amides is 1. The monoisotopic (exact) mass is 393 g/mol. The Morgan fingerprint density at radius 2 is 2.10 bits per heavy atom. The van der Waals surface area contributed by atoms with Crippen LogP contribution >= 0.6 is 0 Å². The van der Waals surface area contributed by atoms with Crippen LogP contribution in [0.5, 0.6) is 0 Å².